The molecular formula is C29H28N4O2S2. The molecule has 6 rings (SSSR count). The predicted octanol–water partition coefficient (Wildman–Crippen LogP) is 6.15. The summed E-state index contributed by atoms with van der Waals surface area (Å²) in [6.07, 6.45) is 1.82. The smallest absolute Gasteiger partial charge is 0.174 e. The van der Waals surface area contributed by atoms with E-state index < -0.39 is 0 Å². The molecule has 0 bridgehead atoms. The fourth-order valence-electron chi connectivity index (χ4n) is 4.84. The van der Waals surface area contributed by atoms with E-state index in [0.29, 0.717) is 5.11 Å². The SMILES string of the molecule is Cc1ccc(Sc2ccc([C@@H]3[C@H](c4ccccn4)NC(=S)N3c3ccc(N4CCOCC4)cc3)o2)cc1. The van der Waals surface area contributed by atoms with Crippen molar-refractivity contribution in [1.29, 1.82) is 0 Å². The minimum Gasteiger partial charge on any atom is -0.452 e. The average Bonchev–Trinajstić information content (AvgIpc) is 3.55. The fourth-order valence-corrected chi connectivity index (χ4v) is 5.96. The van der Waals surface area contributed by atoms with Gasteiger partial charge in [-0.15, -0.1) is 0 Å². The van der Waals surface area contributed by atoms with Gasteiger partial charge >= 0.3 is 0 Å². The van der Waals surface area contributed by atoms with Gasteiger partial charge in [-0.1, -0.05) is 35.5 Å². The third kappa shape index (κ3) is 5.09. The Bertz CT molecular complexity index is 1350. The lowest BCUT2D eigenvalue weighted by Gasteiger charge is -2.30. The van der Waals surface area contributed by atoms with Crippen LogP contribution in [-0.4, -0.2) is 36.4 Å². The van der Waals surface area contributed by atoms with Gasteiger partial charge in [-0.05, 0) is 79.8 Å². The molecule has 0 saturated carbocycles. The highest BCUT2D eigenvalue weighted by molar-refractivity contribution is 7.99. The Kier molecular flexibility index (Phi) is 6.87. The van der Waals surface area contributed by atoms with Crippen LogP contribution in [0.1, 0.15) is 29.1 Å². The first-order valence-corrected chi connectivity index (χ1v) is 13.7. The van der Waals surface area contributed by atoms with E-state index in [1.807, 2.05) is 30.5 Å². The van der Waals surface area contributed by atoms with Gasteiger partial charge in [-0.2, -0.15) is 0 Å². The monoisotopic (exact) mass is 528 g/mol. The van der Waals surface area contributed by atoms with Gasteiger partial charge in [0, 0.05) is 35.6 Å². The Morgan fingerprint density at radius 1 is 0.919 bits per heavy atom. The Labute approximate surface area is 226 Å². The molecule has 2 saturated heterocycles. The summed E-state index contributed by atoms with van der Waals surface area (Å²) in [5, 5.41) is 5.01. The zero-order valence-corrected chi connectivity index (χ0v) is 22.2. The molecule has 2 aromatic heterocycles. The molecule has 2 aliphatic heterocycles. The number of morpholine rings is 1. The number of hydrogen-bond acceptors (Lipinski definition) is 6. The molecule has 8 heteroatoms. The molecular weight excluding hydrogens is 500 g/mol. The Morgan fingerprint density at radius 2 is 1.68 bits per heavy atom. The molecule has 0 unspecified atom stereocenters. The van der Waals surface area contributed by atoms with Crippen molar-refractivity contribution in [3.63, 3.8) is 0 Å². The number of furan rings is 1. The minimum absolute atomic E-state index is 0.143. The summed E-state index contributed by atoms with van der Waals surface area (Å²) in [5.74, 6) is 0.842. The lowest BCUT2D eigenvalue weighted by molar-refractivity contribution is 0.122. The Hall–Kier alpha value is -3.33. The van der Waals surface area contributed by atoms with Gasteiger partial charge in [0.2, 0.25) is 0 Å². The van der Waals surface area contributed by atoms with Gasteiger partial charge < -0.3 is 24.3 Å². The molecule has 6 nitrogen and oxygen atoms in total. The van der Waals surface area contributed by atoms with E-state index in [9.17, 15) is 0 Å². The summed E-state index contributed by atoms with van der Waals surface area (Å²) >= 11 is 7.49. The van der Waals surface area contributed by atoms with E-state index in [4.69, 9.17) is 21.4 Å². The molecule has 0 amide bonds. The van der Waals surface area contributed by atoms with Crippen LogP contribution in [0.2, 0.25) is 0 Å². The van der Waals surface area contributed by atoms with Crippen LogP contribution in [-0.2, 0) is 4.74 Å². The van der Waals surface area contributed by atoms with E-state index in [-0.39, 0.29) is 12.1 Å². The first kappa shape index (κ1) is 24.0. The highest BCUT2D eigenvalue weighted by Crippen LogP contribution is 2.43. The summed E-state index contributed by atoms with van der Waals surface area (Å²) in [7, 11) is 0. The first-order valence-electron chi connectivity index (χ1n) is 12.4. The van der Waals surface area contributed by atoms with E-state index in [1.54, 1.807) is 11.8 Å². The van der Waals surface area contributed by atoms with Crippen molar-refractivity contribution in [2.45, 2.75) is 29.0 Å². The fraction of sp³-hybridized carbons (Fsp3) is 0.241. The molecule has 4 aromatic rings. The lowest BCUT2D eigenvalue weighted by atomic mass is 10.0. The van der Waals surface area contributed by atoms with Gasteiger partial charge in [0.05, 0.1) is 24.9 Å². The quantitative estimate of drug-likeness (QED) is 0.299. The van der Waals surface area contributed by atoms with Crippen LogP contribution < -0.4 is 15.1 Å². The molecule has 2 atom stereocenters. The molecule has 2 aliphatic rings. The molecule has 2 aromatic carbocycles. The van der Waals surface area contributed by atoms with E-state index in [2.05, 4.69) is 81.6 Å². The van der Waals surface area contributed by atoms with E-state index in [0.717, 1.165) is 53.4 Å². The summed E-state index contributed by atoms with van der Waals surface area (Å²) in [6, 6.07) is 26.8. The third-order valence-corrected chi connectivity index (χ3v) is 7.98. The summed E-state index contributed by atoms with van der Waals surface area (Å²) in [5.41, 5.74) is 4.37. The van der Waals surface area contributed by atoms with Crippen LogP contribution in [0.5, 0.6) is 0 Å². The molecule has 188 valence electrons. The zero-order chi connectivity index (χ0) is 25.2. The summed E-state index contributed by atoms with van der Waals surface area (Å²) < 4.78 is 12.0. The van der Waals surface area contributed by atoms with Crippen LogP contribution in [0.4, 0.5) is 11.4 Å². The van der Waals surface area contributed by atoms with Crippen LogP contribution in [0.3, 0.4) is 0 Å². The summed E-state index contributed by atoms with van der Waals surface area (Å²) in [6.45, 7) is 5.42. The number of nitrogens with one attached hydrogen (secondary N) is 1. The second-order valence-electron chi connectivity index (χ2n) is 9.18. The molecule has 0 aliphatic carbocycles. The van der Waals surface area contributed by atoms with Crippen LogP contribution >= 0.6 is 24.0 Å². The van der Waals surface area contributed by atoms with Gasteiger partial charge in [0.1, 0.15) is 11.8 Å². The van der Waals surface area contributed by atoms with Crippen molar-refractivity contribution in [2.75, 3.05) is 36.1 Å². The number of rotatable bonds is 6. The average molecular weight is 529 g/mol. The van der Waals surface area contributed by atoms with Crippen molar-refractivity contribution in [2.24, 2.45) is 0 Å². The van der Waals surface area contributed by atoms with Gasteiger partial charge in [0.15, 0.2) is 10.2 Å². The van der Waals surface area contributed by atoms with Crippen LogP contribution in [0, 0.1) is 6.92 Å². The second-order valence-corrected chi connectivity index (χ2v) is 10.6. The molecule has 4 heterocycles. The van der Waals surface area contributed by atoms with Crippen molar-refractivity contribution in [1.82, 2.24) is 10.3 Å². The number of hydrogen-bond donors (Lipinski definition) is 1. The molecule has 1 N–H and O–H groups in total. The van der Waals surface area contributed by atoms with Crippen LogP contribution in [0.15, 0.2) is 99.5 Å². The number of ether oxygens (including phenoxy) is 1. The number of anilines is 2. The van der Waals surface area contributed by atoms with Gasteiger partial charge in [-0.3, -0.25) is 4.98 Å². The van der Waals surface area contributed by atoms with Gasteiger partial charge in [-0.25, -0.2) is 0 Å². The minimum atomic E-state index is -0.177. The Balaban J connectivity index is 1.32. The first-order chi connectivity index (χ1) is 18.2. The predicted molar refractivity (Wildman–Crippen MR) is 151 cm³/mol. The number of benzene rings is 2. The largest absolute Gasteiger partial charge is 0.452 e. The second kappa shape index (κ2) is 10.6. The summed E-state index contributed by atoms with van der Waals surface area (Å²) in [4.78, 5) is 10.3. The maximum atomic E-state index is 6.44. The standard InChI is InChI=1S/C29H28N4O2S2/c1-20-5-11-23(12-6-20)37-26-14-13-25(35-26)28-27(24-4-2-3-15-30-24)31-29(36)33(28)22-9-7-21(8-10-22)32-16-18-34-19-17-32/h2-15,27-28H,16-19H2,1H3,(H,31,36)/t27-,28+/m0/s1. The van der Waals surface area contributed by atoms with Crippen molar-refractivity contribution >= 4 is 40.5 Å². The lowest BCUT2D eigenvalue weighted by Crippen LogP contribution is -2.36. The number of pyridine rings is 1. The molecule has 37 heavy (non-hydrogen) atoms. The number of aryl methyl sites for hydroxylation is 1. The van der Waals surface area contributed by atoms with Gasteiger partial charge in [0.25, 0.3) is 0 Å². The van der Waals surface area contributed by atoms with Crippen molar-refractivity contribution in [3.8, 4) is 0 Å². The normalized spacial score (nSPS) is 19.8. The zero-order valence-electron chi connectivity index (χ0n) is 20.5. The number of thiocarbonyl (C=S) groups is 1. The maximum Gasteiger partial charge on any atom is 0.174 e. The highest BCUT2D eigenvalue weighted by Gasteiger charge is 2.42. The topological polar surface area (TPSA) is 53.8 Å². The highest BCUT2D eigenvalue weighted by atomic mass is 32.2. The van der Waals surface area contributed by atoms with Crippen molar-refractivity contribution in [3.05, 3.63) is 102 Å². The van der Waals surface area contributed by atoms with Crippen LogP contribution in [0.25, 0.3) is 0 Å². The maximum absolute atomic E-state index is 6.44. The van der Waals surface area contributed by atoms with Crippen molar-refractivity contribution < 1.29 is 9.15 Å². The van der Waals surface area contributed by atoms with E-state index in [1.165, 1.54) is 11.3 Å². The molecule has 0 radical (unpaired) electrons. The number of nitrogens with zero attached hydrogens (tertiary/aromatic N) is 3. The molecule has 2 fully saturated rings. The van der Waals surface area contributed by atoms with E-state index >= 15 is 0 Å². The Morgan fingerprint density at radius 3 is 2.41 bits per heavy atom. The third-order valence-electron chi connectivity index (χ3n) is 6.74. The number of aromatic nitrogens is 1. The molecule has 0 spiro atoms.